The Bertz CT molecular complexity index is 910. The third-order valence-corrected chi connectivity index (χ3v) is 5.63. The maximum Gasteiger partial charge on any atom is 0.237 e. The molecule has 0 fully saturated rings. The molecule has 0 aliphatic rings. The molecule has 1 atom stereocenters. The lowest BCUT2D eigenvalue weighted by molar-refractivity contribution is -0.115. The number of hydrogen-bond donors (Lipinski definition) is 2. The van der Waals surface area contributed by atoms with Crippen molar-refractivity contribution in [2.75, 3.05) is 10.6 Å². The summed E-state index contributed by atoms with van der Waals surface area (Å²) in [5.41, 5.74) is 4.07. The Labute approximate surface area is 161 Å². The molecule has 2 aromatic carbocycles. The lowest BCUT2D eigenvalue weighted by atomic mass is 10.2. The molecule has 0 unspecified atom stereocenters. The molecule has 134 valence electrons. The van der Waals surface area contributed by atoms with E-state index < -0.39 is 0 Å². The zero-order chi connectivity index (χ0) is 18.5. The molecule has 0 aliphatic heterocycles. The zero-order valence-corrected chi connectivity index (χ0v) is 16.4. The molecule has 0 aliphatic carbocycles. The molecule has 1 aromatic heterocycles. The molecule has 1 amide bonds. The smallest absolute Gasteiger partial charge is 0.237 e. The average Bonchev–Trinajstić information content (AvgIpc) is 3.01. The third kappa shape index (κ3) is 5.06. The summed E-state index contributed by atoms with van der Waals surface area (Å²) in [6.07, 6.45) is 0. The summed E-state index contributed by atoms with van der Waals surface area (Å²) >= 11 is 2.84. The van der Waals surface area contributed by atoms with Gasteiger partial charge in [0.05, 0.1) is 5.25 Å². The van der Waals surface area contributed by atoms with Crippen LogP contribution in [0.5, 0.6) is 0 Å². The van der Waals surface area contributed by atoms with Gasteiger partial charge in [0.1, 0.15) is 0 Å². The lowest BCUT2D eigenvalue weighted by Crippen LogP contribution is -2.22. The first-order valence-electron chi connectivity index (χ1n) is 8.21. The van der Waals surface area contributed by atoms with E-state index in [0.717, 1.165) is 21.3 Å². The second-order valence-corrected chi connectivity index (χ2v) is 8.55. The number of aryl methyl sites for hydroxylation is 2. The van der Waals surface area contributed by atoms with Crippen molar-refractivity contribution >= 4 is 45.5 Å². The van der Waals surface area contributed by atoms with Gasteiger partial charge in [0.15, 0.2) is 4.34 Å². The first kappa shape index (κ1) is 18.4. The maximum atomic E-state index is 12.4. The van der Waals surface area contributed by atoms with Gasteiger partial charge in [-0.2, -0.15) is 0 Å². The molecule has 0 radical (unpaired) electrons. The molecule has 5 nitrogen and oxygen atoms in total. The average molecular weight is 385 g/mol. The van der Waals surface area contributed by atoms with Crippen LogP contribution in [0, 0.1) is 13.8 Å². The molecule has 0 saturated carbocycles. The molecule has 0 saturated heterocycles. The number of thioether (sulfide) groups is 1. The van der Waals surface area contributed by atoms with Crippen LogP contribution >= 0.6 is 23.1 Å². The summed E-state index contributed by atoms with van der Waals surface area (Å²) < 4.78 is 0.757. The predicted molar refractivity (Wildman–Crippen MR) is 109 cm³/mol. The van der Waals surface area contributed by atoms with Crippen molar-refractivity contribution in [1.82, 2.24) is 10.2 Å². The van der Waals surface area contributed by atoms with Crippen LogP contribution in [0.4, 0.5) is 16.5 Å². The van der Waals surface area contributed by atoms with Crippen LogP contribution < -0.4 is 10.6 Å². The van der Waals surface area contributed by atoms with Gasteiger partial charge in [-0.1, -0.05) is 47.4 Å². The summed E-state index contributed by atoms with van der Waals surface area (Å²) in [6.45, 7) is 5.91. The van der Waals surface area contributed by atoms with E-state index >= 15 is 0 Å². The summed E-state index contributed by atoms with van der Waals surface area (Å²) in [5.74, 6) is -0.0519. The number of nitrogens with zero attached hydrogens (tertiary/aromatic N) is 2. The van der Waals surface area contributed by atoms with Crippen molar-refractivity contribution < 1.29 is 4.79 Å². The normalized spacial score (nSPS) is 11.8. The lowest BCUT2D eigenvalue weighted by Gasteiger charge is -2.10. The van der Waals surface area contributed by atoms with Crippen molar-refractivity contribution in [2.24, 2.45) is 0 Å². The van der Waals surface area contributed by atoms with Crippen LogP contribution in [0.2, 0.25) is 0 Å². The van der Waals surface area contributed by atoms with Crippen molar-refractivity contribution in [3.8, 4) is 0 Å². The Hall–Kier alpha value is -2.38. The van der Waals surface area contributed by atoms with Crippen molar-refractivity contribution in [2.45, 2.75) is 30.4 Å². The molecule has 26 heavy (non-hydrogen) atoms. The van der Waals surface area contributed by atoms with Gasteiger partial charge in [-0.25, -0.2) is 0 Å². The van der Waals surface area contributed by atoms with Crippen LogP contribution in [0.25, 0.3) is 0 Å². The van der Waals surface area contributed by atoms with Gasteiger partial charge in [0.25, 0.3) is 0 Å². The first-order valence-corrected chi connectivity index (χ1v) is 9.90. The maximum absolute atomic E-state index is 12.4. The SMILES string of the molecule is Cc1cccc(NC(=O)[C@H](C)Sc2nnc(Nc3cccc(C)c3)s2)c1. The molecule has 2 N–H and O–H groups in total. The van der Waals surface area contributed by atoms with E-state index in [1.165, 1.54) is 28.7 Å². The van der Waals surface area contributed by atoms with E-state index in [1.807, 2.05) is 69.3 Å². The van der Waals surface area contributed by atoms with E-state index in [9.17, 15) is 4.79 Å². The molecule has 7 heteroatoms. The number of amides is 1. The van der Waals surface area contributed by atoms with E-state index in [1.54, 1.807) is 0 Å². The topological polar surface area (TPSA) is 66.9 Å². The fourth-order valence-electron chi connectivity index (χ4n) is 2.33. The Morgan fingerprint density at radius 1 is 1.04 bits per heavy atom. The summed E-state index contributed by atoms with van der Waals surface area (Å²) in [6, 6.07) is 15.8. The highest BCUT2D eigenvalue weighted by molar-refractivity contribution is 8.02. The number of carbonyl (C=O) groups excluding carboxylic acids is 1. The van der Waals surface area contributed by atoms with Crippen LogP contribution in [0.3, 0.4) is 0 Å². The van der Waals surface area contributed by atoms with Gasteiger partial charge >= 0.3 is 0 Å². The minimum atomic E-state index is -0.268. The Morgan fingerprint density at radius 2 is 1.69 bits per heavy atom. The van der Waals surface area contributed by atoms with Crippen molar-refractivity contribution in [1.29, 1.82) is 0 Å². The van der Waals surface area contributed by atoms with Gasteiger partial charge in [0.2, 0.25) is 11.0 Å². The molecule has 1 heterocycles. The Balaban J connectivity index is 1.58. The fourth-order valence-corrected chi connectivity index (χ4v) is 4.24. The van der Waals surface area contributed by atoms with E-state index in [2.05, 4.69) is 20.8 Å². The van der Waals surface area contributed by atoms with E-state index in [-0.39, 0.29) is 11.2 Å². The van der Waals surface area contributed by atoms with Crippen LogP contribution in [0.1, 0.15) is 18.1 Å². The van der Waals surface area contributed by atoms with E-state index in [4.69, 9.17) is 0 Å². The number of benzene rings is 2. The minimum Gasteiger partial charge on any atom is -0.330 e. The van der Waals surface area contributed by atoms with Crippen LogP contribution in [0.15, 0.2) is 52.9 Å². The van der Waals surface area contributed by atoms with Gasteiger partial charge in [-0.05, 0) is 56.2 Å². The molecule has 3 rings (SSSR count). The third-order valence-electron chi connectivity index (χ3n) is 3.61. The fraction of sp³-hybridized carbons (Fsp3) is 0.211. The van der Waals surface area contributed by atoms with Gasteiger partial charge < -0.3 is 10.6 Å². The summed E-state index contributed by atoms with van der Waals surface area (Å²) in [7, 11) is 0. The second-order valence-electron chi connectivity index (χ2n) is 5.99. The standard InChI is InChI=1S/C19H20N4OS2/c1-12-6-4-8-15(10-12)20-17(24)14(3)25-19-23-22-18(26-19)21-16-9-5-7-13(2)11-16/h4-11,14H,1-3H3,(H,20,24)(H,21,22)/t14-/m0/s1. The molecule has 0 bridgehead atoms. The number of carbonyl (C=O) groups is 1. The molecular formula is C19H20N4OS2. The minimum absolute atomic E-state index is 0.0519. The van der Waals surface area contributed by atoms with Gasteiger partial charge in [-0.3, -0.25) is 4.79 Å². The number of hydrogen-bond acceptors (Lipinski definition) is 6. The van der Waals surface area contributed by atoms with Crippen LogP contribution in [-0.2, 0) is 4.79 Å². The summed E-state index contributed by atoms with van der Waals surface area (Å²) in [4.78, 5) is 12.4. The molecular weight excluding hydrogens is 364 g/mol. The van der Waals surface area contributed by atoms with Gasteiger partial charge in [-0.15, -0.1) is 10.2 Å². The number of aromatic nitrogens is 2. The number of nitrogens with one attached hydrogen (secondary N) is 2. The second kappa shape index (κ2) is 8.33. The monoisotopic (exact) mass is 384 g/mol. The highest BCUT2D eigenvalue weighted by Crippen LogP contribution is 2.31. The molecule has 3 aromatic rings. The quantitative estimate of drug-likeness (QED) is 0.584. The highest BCUT2D eigenvalue weighted by Gasteiger charge is 2.17. The highest BCUT2D eigenvalue weighted by atomic mass is 32.2. The Morgan fingerprint density at radius 3 is 2.38 bits per heavy atom. The predicted octanol–water partition coefficient (Wildman–Crippen LogP) is 5.02. The number of anilines is 3. The zero-order valence-electron chi connectivity index (χ0n) is 14.8. The Kier molecular flexibility index (Phi) is 5.90. The summed E-state index contributed by atoms with van der Waals surface area (Å²) in [5, 5.41) is 14.9. The largest absolute Gasteiger partial charge is 0.330 e. The van der Waals surface area contributed by atoms with Crippen molar-refractivity contribution in [3.05, 3.63) is 59.7 Å². The van der Waals surface area contributed by atoms with Crippen molar-refractivity contribution in [3.63, 3.8) is 0 Å². The first-order chi connectivity index (χ1) is 12.5. The van der Waals surface area contributed by atoms with Gasteiger partial charge in [0, 0.05) is 11.4 Å². The number of rotatable bonds is 6. The molecule has 0 spiro atoms. The van der Waals surface area contributed by atoms with E-state index in [0.29, 0.717) is 5.13 Å². The van der Waals surface area contributed by atoms with Crippen LogP contribution in [-0.4, -0.2) is 21.4 Å².